The highest BCUT2D eigenvalue weighted by Gasteiger charge is 2.14. The zero-order chi connectivity index (χ0) is 10.4. The molecular formula is C11H23NO2. The lowest BCUT2D eigenvalue weighted by atomic mass is 10.0. The Morgan fingerprint density at radius 1 is 1.50 bits per heavy atom. The molecule has 0 radical (unpaired) electrons. The van der Waals surface area contributed by atoms with E-state index >= 15 is 0 Å². The second-order valence-electron chi connectivity index (χ2n) is 4.47. The number of nitrogens with one attached hydrogen (secondary N) is 1. The van der Waals surface area contributed by atoms with Crippen LogP contribution in [0, 0.1) is 5.92 Å². The molecule has 0 aromatic carbocycles. The van der Waals surface area contributed by atoms with Crippen molar-refractivity contribution in [3.05, 3.63) is 0 Å². The number of ether oxygens (including phenoxy) is 1. The fourth-order valence-corrected chi connectivity index (χ4v) is 1.67. The number of aliphatic hydroxyl groups is 1. The first-order valence-electron chi connectivity index (χ1n) is 5.69. The summed E-state index contributed by atoms with van der Waals surface area (Å²) in [7, 11) is 0. The Balaban J connectivity index is 2.02. The van der Waals surface area contributed by atoms with Gasteiger partial charge in [0.25, 0.3) is 0 Å². The van der Waals surface area contributed by atoms with Crippen LogP contribution in [0.4, 0.5) is 0 Å². The maximum atomic E-state index is 9.58. The van der Waals surface area contributed by atoms with Crippen molar-refractivity contribution in [3.63, 3.8) is 0 Å². The van der Waals surface area contributed by atoms with Crippen molar-refractivity contribution in [2.24, 2.45) is 5.92 Å². The fraction of sp³-hybridized carbons (Fsp3) is 1.00. The average molecular weight is 201 g/mol. The summed E-state index contributed by atoms with van der Waals surface area (Å²) >= 11 is 0. The van der Waals surface area contributed by atoms with Crippen molar-refractivity contribution in [2.45, 2.75) is 45.3 Å². The van der Waals surface area contributed by atoms with Gasteiger partial charge in [0, 0.05) is 12.6 Å². The quantitative estimate of drug-likeness (QED) is 0.701. The molecule has 1 rings (SSSR count). The number of hydrogen-bond acceptors (Lipinski definition) is 3. The Morgan fingerprint density at radius 3 is 2.86 bits per heavy atom. The van der Waals surface area contributed by atoms with E-state index in [1.165, 1.54) is 6.42 Å². The normalized spacial score (nSPS) is 25.3. The zero-order valence-electron chi connectivity index (χ0n) is 9.33. The van der Waals surface area contributed by atoms with Gasteiger partial charge in [-0.3, -0.25) is 0 Å². The minimum atomic E-state index is -0.174. The van der Waals surface area contributed by atoms with E-state index in [0.717, 1.165) is 32.6 Å². The molecule has 3 heteroatoms. The van der Waals surface area contributed by atoms with Gasteiger partial charge in [-0.25, -0.2) is 0 Å². The van der Waals surface area contributed by atoms with E-state index in [4.69, 9.17) is 4.74 Å². The van der Waals surface area contributed by atoms with Crippen LogP contribution in [0.25, 0.3) is 0 Å². The number of hydrogen-bond donors (Lipinski definition) is 2. The maximum Gasteiger partial charge on any atom is 0.0619 e. The highest BCUT2D eigenvalue weighted by Crippen LogP contribution is 2.07. The van der Waals surface area contributed by atoms with Crippen LogP contribution < -0.4 is 5.32 Å². The summed E-state index contributed by atoms with van der Waals surface area (Å²) in [5.41, 5.74) is 0. The lowest BCUT2D eigenvalue weighted by molar-refractivity contribution is 0.0661. The van der Waals surface area contributed by atoms with Crippen LogP contribution >= 0.6 is 0 Å². The molecule has 0 amide bonds. The van der Waals surface area contributed by atoms with E-state index in [1.807, 2.05) is 13.8 Å². The Bertz CT molecular complexity index is 144. The first kappa shape index (κ1) is 12.0. The van der Waals surface area contributed by atoms with Gasteiger partial charge in [0.1, 0.15) is 0 Å². The van der Waals surface area contributed by atoms with Gasteiger partial charge in [-0.1, -0.05) is 13.8 Å². The lowest BCUT2D eigenvalue weighted by Crippen LogP contribution is -2.38. The molecule has 3 nitrogen and oxygen atoms in total. The molecule has 1 saturated heterocycles. The molecule has 1 aliphatic heterocycles. The number of aliphatic hydroxyl groups excluding tert-OH is 1. The predicted octanol–water partition coefficient (Wildman–Crippen LogP) is 1.16. The topological polar surface area (TPSA) is 41.5 Å². The molecule has 84 valence electrons. The molecule has 1 aliphatic rings. The largest absolute Gasteiger partial charge is 0.393 e. The number of rotatable bonds is 5. The van der Waals surface area contributed by atoms with Gasteiger partial charge >= 0.3 is 0 Å². The fourth-order valence-electron chi connectivity index (χ4n) is 1.67. The van der Waals surface area contributed by atoms with E-state index in [0.29, 0.717) is 12.0 Å². The minimum Gasteiger partial charge on any atom is -0.393 e. The van der Waals surface area contributed by atoms with Crippen LogP contribution in [-0.2, 0) is 4.74 Å². The molecule has 2 unspecified atom stereocenters. The van der Waals surface area contributed by atoms with Gasteiger partial charge in [-0.15, -0.1) is 0 Å². The van der Waals surface area contributed by atoms with Crippen LogP contribution in [0.3, 0.4) is 0 Å². The second kappa shape index (κ2) is 6.38. The molecule has 2 atom stereocenters. The third-order valence-electron chi connectivity index (χ3n) is 2.80. The SMILES string of the molecule is CC(C)C(O)CCNC1CCCOC1. The van der Waals surface area contributed by atoms with E-state index in [9.17, 15) is 5.11 Å². The first-order valence-corrected chi connectivity index (χ1v) is 5.69. The maximum absolute atomic E-state index is 9.58. The summed E-state index contributed by atoms with van der Waals surface area (Å²) in [5.74, 6) is 0.361. The van der Waals surface area contributed by atoms with Gasteiger partial charge in [0.2, 0.25) is 0 Å². The van der Waals surface area contributed by atoms with Crippen molar-refractivity contribution in [1.82, 2.24) is 5.32 Å². The second-order valence-corrected chi connectivity index (χ2v) is 4.47. The zero-order valence-corrected chi connectivity index (χ0v) is 9.33. The summed E-state index contributed by atoms with van der Waals surface area (Å²) in [5, 5.41) is 13.0. The summed E-state index contributed by atoms with van der Waals surface area (Å²) in [6.07, 6.45) is 3.03. The van der Waals surface area contributed by atoms with Gasteiger partial charge < -0.3 is 15.2 Å². The molecule has 1 fully saturated rings. The molecule has 0 bridgehead atoms. The molecule has 0 aromatic rings. The van der Waals surface area contributed by atoms with Crippen LogP contribution in [0.5, 0.6) is 0 Å². The summed E-state index contributed by atoms with van der Waals surface area (Å²) in [4.78, 5) is 0. The van der Waals surface area contributed by atoms with E-state index in [1.54, 1.807) is 0 Å². The predicted molar refractivity (Wildman–Crippen MR) is 57.3 cm³/mol. The van der Waals surface area contributed by atoms with E-state index < -0.39 is 0 Å². The van der Waals surface area contributed by atoms with Crippen LogP contribution in [0.2, 0.25) is 0 Å². The smallest absolute Gasteiger partial charge is 0.0619 e. The third kappa shape index (κ3) is 4.40. The lowest BCUT2D eigenvalue weighted by Gasteiger charge is -2.24. The summed E-state index contributed by atoms with van der Waals surface area (Å²) in [6, 6.07) is 0.503. The van der Waals surface area contributed by atoms with Gasteiger partial charge in [0.15, 0.2) is 0 Å². The highest BCUT2D eigenvalue weighted by molar-refractivity contribution is 4.71. The van der Waals surface area contributed by atoms with Crippen molar-refractivity contribution in [1.29, 1.82) is 0 Å². The molecule has 0 aromatic heterocycles. The van der Waals surface area contributed by atoms with Gasteiger partial charge in [-0.2, -0.15) is 0 Å². The standard InChI is InChI=1S/C11H23NO2/c1-9(2)11(13)5-6-12-10-4-3-7-14-8-10/h9-13H,3-8H2,1-2H3. The van der Waals surface area contributed by atoms with E-state index in [-0.39, 0.29) is 6.10 Å². The molecule has 0 spiro atoms. The van der Waals surface area contributed by atoms with Crippen molar-refractivity contribution in [2.75, 3.05) is 19.8 Å². The molecule has 0 saturated carbocycles. The summed E-state index contributed by atoms with van der Waals surface area (Å²) < 4.78 is 5.36. The van der Waals surface area contributed by atoms with Gasteiger partial charge in [-0.05, 0) is 31.7 Å². The van der Waals surface area contributed by atoms with Crippen LogP contribution in [-0.4, -0.2) is 37.0 Å². The molecule has 1 heterocycles. The van der Waals surface area contributed by atoms with Gasteiger partial charge in [0.05, 0.1) is 12.7 Å². The van der Waals surface area contributed by atoms with Crippen molar-refractivity contribution < 1.29 is 9.84 Å². The van der Waals surface area contributed by atoms with E-state index in [2.05, 4.69) is 5.32 Å². The average Bonchev–Trinajstić information content (AvgIpc) is 2.19. The molecule has 0 aliphatic carbocycles. The van der Waals surface area contributed by atoms with Crippen LogP contribution in [0.15, 0.2) is 0 Å². The first-order chi connectivity index (χ1) is 6.70. The monoisotopic (exact) mass is 201 g/mol. The van der Waals surface area contributed by atoms with Crippen molar-refractivity contribution in [3.8, 4) is 0 Å². The Labute approximate surface area is 86.8 Å². The third-order valence-corrected chi connectivity index (χ3v) is 2.80. The Hall–Kier alpha value is -0.120. The minimum absolute atomic E-state index is 0.174. The summed E-state index contributed by atoms with van der Waals surface area (Å²) in [6.45, 7) is 6.74. The molecular weight excluding hydrogens is 178 g/mol. The highest BCUT2D eigenvalue weighted by atomic mass is 16.5. The van der Waals surface area contributed by atoms with Crippen molar-refractivity contribution >= 4 is 0 Å². The Kier molecular flexibility index (Phi) is 5.45. The molecule has 14 heavy (non-hydrogen) atoms. The Morgan fingerprint density at radius 2 is 2.29 bits per heavy atom. The molecule has 2 N–H and O–H groups in total. The van der Waals surface area contributed by atoms with Crippen LogP contribution in [0.1, 0.15) is 33.1 Å².